The molecule has 10 nitrogen and oxygen atoms in total. The number of hydrogen-bond acceptors (Lipinski definition) is 8. The van der Waals surface area contributed by atoms with Gasteiger partial charge in [-0.3, -0.25) is 9.69 Å². The minimum Gasteiger partial charge on any atom is -0.335 e. The molecule has 1 saturated heterocycles. The molecule has 5 rings (SSSR count). The van der Waals surface area contributed by atoms with Crippen LogP contribution in [0.1, 0.15) is 11.3 Å². The van der Waals surface area contributed by atoms with E-state index in [0.29, 0.717) is 43.4 Å². The molecular formula is C20H21N7O3S2. The van der Waals surface area contributed by atoms with Gasteiger partial charge in [-0.05, 0) is 13.0 Å². The van der Waals surface area contributed by atoms with Gasteiger partial charge in [0, 0.05) is 44.4 Å². The van der Waals surface area contributed by atoms with Crippen molar-refractivity contribution in [1.82, 2.24) is 33.8 Å². The summed E-state index contributed by atoms with van der Waals surface area (Å²) in [6, 6.07) is 9.47. The van der Waals surface area contributed by atoms with E-state index in [1.54, 1.807) is 0 Å². The van der Waals surface area contributed by atoms with Gasteiger partial charge in [-0.2, -0.15) is 13.9 Å². The van der Waals surface area contributed by atoms with Crippen LogP contribution in [0.15, 0.2) is 52.7 Å². The smallest absolute Gasteiger partial charge is 0.275 e. The molecule has 0 radical (unpaired) electrons. The topological polar surface area (TPSA) is 117 Å². The standard InChI is InChI=1S/C20H21N7O3S2/c1-14-3-2-4-15(9-14)19-24-27-18(28)10-16(23-20(27)31-19)12-25-5-7-26(8-6-25)32(29,30)17-11-21-13-22-17/h2-4,9-11,13H,5-8,12H2,1H3,(H,21,22). The van der Waals surface area contributed by atoms with Gasteiger partial charge >= 0.3 is 0 Å². The molecule has 4 aromatic rings. The first-order valence-electron chi connectivity index (χ1n) is 10.1. The Morgan fingerprint density at radius 3 is 2.69 bits per heavy atom. The molecule has 166 valence electrons. The van der Waals surface area contributed by atoms with Crippen LogP contribution in [0.25, 0.3) is 15.5 Å². The summed E-state index contributed by atoms with van der Waals surface area (Å²) in [5, 5.41) is 5.28. The van der Waals surface area contributed by atoms with E-state index in [0.717, 1.165) is 16.1 Å². The molecule has 0 bridgehead atoms. The molecule has 0 amide bonds. The van der Waals surface area contributed by atoms with Crippen molar-refractivity contribution < 1.29 is 8.42 Å². The maximum atomic E-state index is 12.6. The number of piperazine rings is 1. The number of nitrogens with zero attached hydrogens (tertiary/aromatic N) is 6. The number of rotatable bonds is 5. The van der Waals surface area contributed by atoms with Gasteiger partial charge in [0.25, 0.3) is 15.6 Å². The van der Waals surface area contributed by atoms with Crippen LogP contribution < -0.4 is 5.56 Å². The Kier molecular flexibility index (Phi) is 5.37. The van der Waals surface area contributed by atoms with E-state index in [1.165, 1.54) is 38.7 Å². The van der Waals surface area contributed by atoms with Crippen molar-refractivity contribution in [3.8, 4) is 10.6 Å². The monoisotopic (exact) mass is 471 g/mol. The lowest BCUT2D eigenvalue weighted by molar-refractivity contribution is 0.179. The predicted molar refractivity (Wildman–Crippen MR) is 120 cm³/mol. The summed E-state index contributed by atoms with van der Waals surface area (Å²) in [6.45, 7) is 4.30. The van der Waals surface area contributed by atoms with E-state index in [2.05, 4.69) is 25.0 Å². The molecule has 1 aliphatic heterocycles. The van der Waals surface area contributed by atoms with E-state index < -0.39 is 10.0 Å². The summed E-state index contributed by atoms with van der Waals surface area (Å²) >= 11 is 1.38. The molecule has 0 saturated carbocycles. The van der Waals surface area contributed by atoms with E-state index in [1.807, 2.05) is 31.2 Å². The molecule has 0 atom stereocenters. The number of aromatic amines is 1. The number of nitrogens with one attached hydrogen (secondary N) is 1. The summed E-state index contributed by atoms with van der Waals surface area (Å²) in [7, 11) is -3.56. The zero-order valence-corrected chi connectivity index (χ0v) is 18.9. The minimum atomic E-state index is -3.56. The Balaban J connectivity index is 1.31. The summed E-state index contributed by atoms with van der Waals surface area (Å²) in [6.07, 6.45) is 2.67. The van der Waals surface area contributed by atoms with Crippen molar-refractivity contribution in [3.63, 3.8) is 0 Å². The van der Waals surface area contributed by atoms with Gasteiger partial charge in [-0.25, -0.2) is 18.4 Å². The molecule has 0 aliphatic carbocycles. The van der Waals surface area contributed by atoms with E-state index in [-0.39, 0.29) is 10.6 Å². The second-order valence-corrected chi connectivity index (χ2v) is 10.5. The third-order valence-corrected chi connectivity index (χ3v) is 8.15. The molecule has 32 heavy (non-hydrogen) atoms. The fourth-order valence-corrected chi connectivity index (χ4v) is 5.95. The Bertz CT molecular complexity index is 1420. The Morgan fingerprint density at radius 2 is 1.97 bits per heavy atom. The summed E-state index contributed by atoms with van der Waals surface area (Å²) in [5.41, 5.74) is 2.51. The molecule has 4 heterocycles. The Hall–Kier alpha value is -2.93. The van der Waals surface area contributed by atoms with Crippen LogP contribution in [0.5, 0.6) is 0 Å². The minimum absolute atomic E-state index is 0.0979. The van der Waals surface area contributed by atoms with Crippen molar-refractivity contribution in [2.24, 2.45) is 0 Å². The van der Waals surface area contributed by atoms with Gasteiger partial charge < -0.3 is 4.98 Å². The number of imidazole rings is 1. The fourth-order valence-electron chi connectivity index (χ4n) is 3.71. The first-order chi connectivity index (χ1) is 15.4. The maximum absolute atomic E-state index is 12.6. The third kappa shape index (κ3) is 3.97. The second kappa shape index (κ2) is 8.20. The number of benzene rings is 1. The highest BCUT2D eigenvalue weighted by molar-refractivity contribution is 7.89. The highest BCUT2D eigenvalue weighted by atomic mass is 32.2. The summed E-state index contributed by atoms with van der Waals surface area (Å²) in [5.74, 6) is 0. The largest absolute Gasteiger partial charge is 0.335 e. The van der Waals surface area contributed by atoms with Crippen LogP contribution in [0, 0.1) is 6.92 Å². The molecule has 1 N–H and O–H groups in total. The van der Waals surface area contributed by atoms with Gasteiger partial charge in [-0.15, -0.1) is 0 Å². The number of aryl methyl sites for hydroxylation is 1. The van der Waals surface area contributed by atoms with Crippen molar-refractivity contribution >= 4 is 26.3 Å². The Labute approximate surface area is 188 Å². The highest BCUT2D eigenvalue weighted by Gasteiger charge is 2.29. The van der Waals surface area contributed by atoms with Crippen LogP contribution >= 0.6 is 11.3 Å². The number of hydrogen-bond donors (Lipinski definition) is 1. The van der Waals surface area contributed by atoms with Gasteiger partial charge in [0.2, 0.25) is 4.96 Å². The van der Waals surface area contributed by atoms with Crippen molar-refractivity contribution in [1.29, 1.82) is 0 Å². The van der Waals surface area contributed by atoms with Crippen LogP contribution in [-0.2, 0) is 16.6 Å². The van der Waals surface area contributed by atoms with Crippen LogP contribution in [0.3, 0.4) is 0 Å². The lowest BCUT2D eigenvalue weighted by Gasteiger charge is -2.33. The molecule has 0 spiro atoms. The SMILES string of the molecule is Cc1cccc(-c2nn3c(=O)cc(CN4CCN(S(=O)(=O)c5cnc[nH]5)CC4)nc3s2)c1. The highest BCUT2D eigenvalue weighted by Crippen LogP contribution is 2.25. The molecule has 0 unspecified atom stereocenters. The van der Waals surface area contributed by atoms with Gasteiger partial charge in [0.1, 0.15) is 5.01 Å². The third-order valence-electron chi connectivity index (χ3n) is 5.37. The van der Waals surface area contributed by atoms with E-state index >= 15 is 0 Å². The predicted octanol–water partition coefficient (Wildman–Crippen LogP) is 1.36. The molecule has 1 aromatic carbocycles. The van der Waals surface area contributed by atoms with Crippen molar-refractivity contribution in [2.75, 3.05) is 26.2 Å². The average molecular weight is 472 g/mol. The van der Waals surface area contributed by atoms with Gasteiger partial charge in [0.05, 0.1) is 18.2 Å². The zero-order valence-electron chi connectivity index (χ0n) is 17.3. The number of fused-ring (bicyclic) bond motifs is 1. The quantitative estimate of drug-likeness (QED) is 0.467. The van der Waals surface area contributed by atoms with Crippen LogP contribution in [0.2, 0.25) is 0 Å². The molecule has 1 fully saturated rings. The van der Waals surface area contributed by atoms with Crippen molar-refractivity contribution in [2.45, 2.75) is 18.5 Å². The Morgan fingerprint density at radius 1 is 1.16 bits per heavy atom. The molecular weight excluding hydrogens is 450 g/mol. The lowest BCUT2D eigenvalue weighted by Crippen LogP contribution is -2.48. The molecule has 1 aliphatic rings. The van der Waals surface area contributed by atoms with Crippen molar-refractivity contribution in [3.05, 3.63) is 64.5 Å². The first-order valence-corrected chi connectivity index (χ1v) is 12.3. The molecule has 12 heteroatoms. The summed E-state index contributed by atoms with van der Waals surface area (Å²) in [4.78, 5) is 26.4. The van der Waals surface area contributed by atoms with Crippen LogP contribution in [-0.4, -0.2) is 68.4 Å². The van der Waals surface area contributed by atoms with E-state index in [9.17, 15) is 13.2 Å². The number of sulfonamides is 1. The van der Waals surface area contributed by atoms with Gasteiger partial charge in [-0.1, -0.05) is 35.1 Å². The maximum Gasteiger partial charge on any atom is 0.275 e. The number of aromatic nitrogens is 5. The average Bonchev–Trinajstić information content (AvgIpc) is 3.45. The first kappa shape index (κ1) is 20.9. The van der Waals surface area contributed by atoms with Gasteiger partial charge in [0.15, 0.2) is 5.03 Å². The lowest BCUT2D eigenvalue weighted by atomic mass is 10.1. The molecule has 3 aromatic heterocycles. The van der Waals surface area contributed by atoms with E-state index in [4.69, 9.17) is 0 Å². The zero-order chi connectivity index (χ0) is 22.3. The fraction of sp³-hybridized carbons (Fsp3) is 0.300. The summed E-state index contributed by atoms with van der Waals surface area (Å²) < 4.78 is 28.0. The van der Waals surface area contributed by atoms with Crippen LogP contribution in [0.4, 0.5) is 0 Å². The number of H-pyrrole nitrogens is 1. The second-order valence-electron chi connectivity index (χ2n) is 7.65. The normalized spacial score (nSPS) is 16.0.